The number of likely N-dealkylation sites (tertiary alicyclic amines) is 1. The van der Waals surface area contributed by atoms with Gasteiger partial charge in [-0.05, 0) is 51.3 Å². The first-order valence-electron chi connectivity index (χ1n) is 7.25. The molecule has 0 unspecified atom stereocenters. The van der Waals surface area contributed by atoms with E-state index in [1.54, 1.807) is 0 Å². The van der Waals surface area contributed by atoms with Crippen LogP contribution in [0, 0.1) is 19.8 Å². The van der Waals surface area contributed by atoms with Gasteiger partial charge in [0.1, 0.15) is 0 Å². The maximum absolute atomic E-state index is 11.6. The summed E-state index contributed by atoms with van der Waals surface area (Å²) in [7, 11) is 0. The first-order valence-corrected chi connectivity index (χ1v) is 7.25. The zero-order valence-electron chi connectivity index (χ0n) is 13.1. The van der Waals surface area contributed by atoms with Crippen LogP contribution < -0.4 is 0 Å². The van der Waals surface area contributed by atoms with Crippen LogP contribution in [0.4, 0.5) is 0 Å². The van der Waals surface area contributed by atoms with Crippen LogP contribution in [0.2, 0.25) is 0 Å². The Labute approximate surface area is 121 Å². The molecule has 1 aliphatic rings. The Balaban J connectivity index is 2.32. The van der Waals surface area contributed by atoms with Crippen LogP contribution in [-0.4, -0.2) is 34.6 Å². The predicted molar refractivity (Wildman–Crippen MR) is 81.1 cm³/mol. The van der Waals surface area contributed by atoms with Crippen LogP contribution >= 0.6 is 0 Å². The van der Waals surface area contributed by atoms with Crippen LogP contribution in [0.15, 0.2) is 18.2 Å². The van der Waals surface area contributed by atoms with Crippen LogP contribution in [0.25, 0.3) is 0 Å². The van der Waals surface area contributed by atoms with E-state index in [1.165, 1.54) is 11.1 Å². The summed E-state index contributed by atoms with van der Waals surface area (Å²) >= 11 is 0. The summed E-state index contributed by atoms with van der Waals surface area (Å²) in [6.45, 7) is 12.1. The van der Waals surface area contributed by atoms with E-state index in [0.29, 0.717) is 6.54 Å². The van der Waals surface area contributed by atoms with Gasteiger partial charge in [0.25, 0.3) is 0 Å². The molecule has 1 aromatic carbocycles. The van der Waals surface area contributed by atoms with Crippen molar-refractivity contribution >= 4 is 5.97 Å². The van der Waals surface area contributed by atoms with Gasteiger partial charge in [-0.25, -0.2) is 0 Å². The van der Waals surface area contributed by atoms with E-state index in [-0.39, 0.29) is 17.4 Å². The molecule has 0 aromatic heterocycles. The molecule has 3 nitrogen and oxygen atoms in total. The predicted octanol–water partition coefficient (Wildman–Crippen LogP) is 3.20. The minimum Gasteiger partial charge on any atom is -0.481 e. The second-order valence-corrected chi connectivity index (χ2v) is 6.97. The zero-order chi connectivity index (χ0) is 15.1. The van der Waals surface area contributed by atoms with E-state index >= 15 is 0 Å². The third-order valence-corrected chi connectivity index (χ3v) is 4.54. The standard InChI is InChI=1S/C17H25NO2/c1-11-6-7-13(8-12(11)2)14-9-18(17(3,4)5)10-15(14)16(19)20/h6-8,14-15H,9-10H2,1-5H3,(H,19,20)/t14-,15+/m0/s1. The lowest BCUT2D eigenvalue weighted by atomic mass is 9.87. The van der Waals surface area contributed by atoms with Gasteiger partial charge >= 0.3 is 5.97 Å². The van der Waals surface area contributed by atoms with Crippen LogP contribution in [0.3, 0.4) is 0 Å². The maximum Gasteiger partial charge on any atom is 0.308 e. The van der Waals surface area contributed by atoms with E-state index in [9.17, 15) is 9.90 Å². The van der Waals surface area contributed by atoms with Crippen molar-refractivity contribution in [3.8, 4) is 0 Å². The topological polar surface area (TPSA) is 40.5 Å². The first-order chi connectivity index (χ1) is 9.20. The van der Waals surface area contributed by atoms with Crippen molar-refractivity contribution in [2.75, 3.05) is 13.1 Å². The van der Waals surface area contributed by atoms with Gasteiger partial charge in [-0.1, -0.05) is 18.2 Å². The van der Waals surface area contributed by atoms with Gasteiger partial charge < -0.3 is 5.11 Å². The molecule has 1 aromatic rings. The Morgan fingerprint density at radius 1 is 1.20 bits per heavy atom. The number of benzene rings is 1. The second-order valence-electron chi connectivity index (χ2n) is 6.97. The molecule has 0 saturated carbocycles. The van der Waals surface area contributed by atoms with Crippen LogP contribution in [0.5, 0.6) is 0 Å². The van der Waals surface area contributed by atoms with Crippen molar-refractivity contribution in [3.63, 3.8) is 0 Å². The van der Waals surface area contributed by atoms with Gasteiger partial charge in [-0.3, -0.25) is 9.69 Å². The van der Waals surface area contributed by atoms with E-state index in [1.807, 2.05) is 0 Å². The molecular formula is C17H25NO2. The Hall–Kier alpha value is -1.35. The molecule has 1 aliphatic heterocycles. The highest BCUT2D eigenvalue weighted by atomic mass is 16.4. The third-order valence-electron chi connectivity index (χ3n) is 4.54. The van der Waals surface area contributed by atoms with Gasteiger partial charge in [0.05, 0.1) is 5.92 Å². The van der Waals surface area contributed by atoms with Crippen molar-refractivity contribution in [3.05, 3.63) is 34.9 Å². The Morgan fingerprint density at radius 3 is 2.35 bits per heavy atom. The highest BCUT2D eigenvalue weighted by Crippen LogP contribution is 2.36. The third kappa shape index (κ3) is 2.88. The highest BCUT2D eigenvalue weighted by molar-refractivity contribution is 5.72. The number of aryl methyl sites for hydroxylation is 2. The van der Waals surface area contributed by atoms with Crippen LogP contribution in [-0.2, 0) is 4.79 Å². The lowest BCUT2D eigenvalue weighted by Gasteiger charge is -2.31. The Morgan fingerprint density at radius 2 is 1.85 bits per heavy atom. The summed E-state index contributed by atoms with van der Waals surface area (Å²) in [6.07, 6.45) is 0. The van der Waals surface area contributed by atoms with Gasteiger partial charge in [-0.2, -0.15) is 0 Å². The smallest absolute Gasteiger partial charge is 0.308 e. The Kier molecular flexibility index (Phi) is 3.92. The molecule has 0 amide bonds. The van der Waals surface area contributed by atoms with Crippen LogP contribution in [0.1, 0.15) is 43.4 Å². The van der Waals surface area contributed by atoms with Crippen molar-refractivity contribution in [1.82, 2.24) is 4.90 Å². The zero-order valence-corrected chi connectivity index (χ0v) is 13.1. The average Bonchev–Trinajstić information content (AvgIpc) is 2.77. The molecule has 1 heterocycles. The highest BCUT2D eigenvalue weighted by Gasteiger charge is 2.42. The molecule has 2 atom stereocenters. The van der Waals surface area contributed by atoms with Crippen molar-refractivity contribution in [2.24, 2.45) is 5.92 Å². The molecule has 1 fully saturated rings. The molecule has 1 saturated heterocycles. The summed E-state index contributed by atoms with van der Waals surface area (Å²) in [4.78, 5) is 13.9. The van der Waals surface area contributed by atoms with Gasteiger partial charge in [-0.15, -0.1) is 0 Å². The fourth-order valence-corrected chi connectivity index (χ4v) is 2.93. The number of carboxylic acid groups (broad SMARTS) is 1. The number of hydrogen-bond acceptors (Lipinski definition) is 2. The second kappa shape index (κ2) is 5.21. The van der Waals surface area contributed by atoms with Crippen molar-refractivity contribution < 1.29 is 9.90 Å². The van der Waals surface area contributed by atoms with E-state index < -0.39 is 5.97 Å². The SMILES string of the molecule is Cc1ccc([C@@H]2CN(C(C)(C)C)C[C@H]2C(=O)O)cc1C. The quantitative estimate of drug-likeness (QED) is 0.901. The largest absolute Gasteiger partial charge is 0.481 e. The van der Waals surface area contributed by atoms with Gasteiger partial charge in [0.2, 0.25) is 0 Å². The fraction of sp³-hybridized carbons (Fsp3) is 0.588. The van der Waals surface area contributed by atoms with E-state index in [4.69, 9.17) is 0 Å². The number of rotatable bonds is 2. The molecule has 0 aliphatic carbocycles. The van der Waals surface area contributed by atoms with Gasteiger partial charge in [0, 0.05) is 24.5 Å². The molecule has 110 valence electrons. The molecule has 0 spiro atoms. The molecule has 0 radical (unpaired) electrons. The van der Waals surface area contributed by atoms with E-state index in [0.717, 1.165) is 12.1 Å². The summed E-state index contributed by atoms with van der Waals surface area (Å²) in [5.74, 6) is -0.901. The molecule has 20 heavy (non-hydrogen) atoms. The molecule has 0 bridgehead atoms. The first kappa shape index (κ1) is 15.0. The van der Waals surface area contributed by atoms with Crippen molar-refractivity contribution in [1.29, 1.82) is 0 Å². The molecular weight excluding hydrogens is 250 g/mol. The minimum atomic E-state index is -0.681. The number of carboxylic acids is 1. The number of nitrogens with zero attached hydrogens (tertiary/aromatic N) is 1. The molecule has 3 heteroatoms. The lowest BCUT2D eigenvalue weighted by molar-refractivity contribution is -0.141. The number of carbonyl (C=O) groups is 1. The van der Waals surface area contributed by atoms with E-state index in [2.05, 4.69) is 57.7 Å². The Bertz CT molecular complexity index is 516. The summed E-state index contributed by atoms with van der Waals surface area (Å²) < 4.78 is 0. The molecule has 2 rings (SSSR count). The normalized spacial score (nSPS) is 24.1. The average molecular weight is 275 g/mol. The lowest BCUT2D eigenvalue weighted by Crippen LogP contribution is -2.40. The number of aliphatic carboxylic acids is 1. The maximum atomic E-state index is 11.6. The van der Waals surface area contributed by atoms with Crippen molar-refractivity contribution in [2.45, 2.75) is 46.1 Å². The number of hydrogen-bond donors (Lipinski definition) is 1. The molecule has 1 N–H and O–H groups in total. The summed E-state index contributed by atoms with van der Waals surface area (Å²) in [6, 6.07) is 6.35. The summed E-state index contributed by atoms with van der Waals surface area (Å²) in [5.41, 5.74) is 3.67. The summed E-state index contributed by atoms with van der Waals surface area (Å²) in [5, 5.41) is 9.53. The van der Waals surface area contributed by atoms with Gasteiger partial charge in [0.15, 0.2) is 0 Å². The minimum absolute atomic E-state index is 0.0161. The fourth-order valence-electron chi connectivity index (χ4n) is 2.93. The monoisotopic (exact) mass is 275 g/mol.